The summed E-state index contributed by atoms with van der Waals surface area (Å²) in [6, 6.07) is -0.244. The highest BCUT2D eigenvalue weighted by molar-refractivity contribution is 5.88. The predicted molar refractivity (Wildman–Crippen MR) is 78.0 cm³/mol. The number of aliphatic carboxylic acids is 1. The van der Waals surface area contributed by atoms with E-state index in [-0.39, 0.29) is 11.9 Å². The molecule has 1 aliphatic rings. The lowest BCUT2D eigenvalue weighted by Gasteiger charge is -2.26. The molecule has 7 nitrogen and oxygen atoms in total. The van der Waals surface area contributed by atoms with E-state index < -0.39 is 5.97 Å². The fourth-order valence-corrected chi connectivity index (χ4v) is 2.63. The van der Waals surface area contributed by atoms with E-state index in [1.807, 2.05) is 6.92 Å². The van der Waals surface area contributed by atoms with Gasteiger partial charge < -0.3 is 15.7 Å². The first-order valence-corrected chi connectivity index (χ1v) is 7.38. The number of rotatable bonds is 5. The molecule has 1 fully saturated rings. The zero-order valence-electron chi connectivity index (χ0n) is 12.2. The Morgan fingerprint density at radius 3 is 2.67 bits per heavy atom. The van der Waals surface area contributed by atoms with Gasteiger partial charge >= 0.3 is 12.0 Å². The monoisotopic (exact) mass is 294 g/mol. The van der Waals surface area contributed by atoms with Crippen molar-refractivity contribution in [3.63, 3.8) is 0 Å². The molecule has 21 heavy (non-hydrogen) atoms. The van der Waals surface area contributed by atoms with Crippen molar-refractivity contribution < 1.29 is 14.7 Å². The van der Waals surface area contributed by atoms with Crippen molar-refractivity contribution in [3.8, 4) is 0 Å². The number of carboxylic acid groups (broad SMARTS) is 1. The number of hydrogen-bond donors (Lipinski definition) is 3. The molecular weight excluding hydrogens is 272 g/mol. The molecule has 2 amide bonds. The number of aromatic nitrogens is 2. The van der Waals surface area contributed by atoms with Crippen molar-refractivity contribution in [3.05, 3.63) is 12.4 Å². The SMILES string of the molecule is CCn1cc(NC(=O)NCC2CCC(C(=O)O)CC2)cn1. The lowest BCUT2D eigenvalue weighted by Crippen LogP contribution is -2.35. The molecule has 0 saturated heterocycles. The average molecular weight is 294 g/mol. The molecule has 0 unspecified atom stereocenters. The van der Waals surface area contributed by atoms with Gasteiger partial charge in [0.2, 0.25) is 0 Å². The van der Waals surface area contributed by atoms with Gasteiger partial charge in [0, 0.05) is 19.3 Å². The maximum atomic E-state index is 11.8. The summed E-state index contributed by atoms with van der Waals surface area (Å²) in [5, 5.41) is 18.6. The van der Waals surface area contributed by atoms with Gasteiger partial charge in [-0.05, 0) is 38.5 Å². The van der Waals surface area contributed by atoms with Crippen molar-refractivity contribution in [2.75, 3.05) is 11.9 Å². The number of urea groups is 1. The normalized spacial score (nSPS) is 21.8. The van der Waals surface area contributed by atoms with Gasteiger partial charge in [0.15, 0.2) is 0 Å². The van der Waals surface area contributed by atoms with Crippen LogP contribution in [0.4, 0.5) is 10.5 Å². The van der Waals surface area contributed by atoms with Crippen LogP contribution >= 0.6 is 0 Å². The zero-order chi connectivity index (χ0) is 15.2. The van der Waals surface area contributed by atoms with Gasteiger partial charge in [0.05, 0.1) is 17.8 Å². The molecule has 1 aliphatic carbocycles. The Morgan fingerprint density at radius 1 is 1.38 bits per heavy atom. The molecule has 3 N–H and O–H groups in total. The maximum Gasteiger partial charge on any atom is 0.319 e. The van der Waals surface area contributed by atoms with Crippen LogP contribution in [0.1, 0.15) is 32.6 Å². The van der Waals surface area contributed by atoms with Crippen LogP contribution < -0.4 is 10.6 Å². The highest BCUT2D eigenvalue weighted by Gasteiger charge is 2.25. The number of nitrogens with zero attached hydrogens (tertiary/aromatic N) is 2. The molecule has 0 radical (unpaired) electrons. The number of carbonyl (C=O) groups excluding carboxylic acids is 1. The Labute approximate surface area is 123 Å². The summed E-state index contributed by atoms with van der Waals surface area (Å²) >= 11 is 0. The number of anilines is 1. The van der Waals surface area contributed by atoms with E-state index in [9.17, 15) is 9.59 Å². The lowest BCUT2D eigenvalue weighted by atomic mass is 9.82. The summed E-state index contributed by atoms with van der Waals surface area (Å²) in [6.07, 6.45) is 6.49. The largest absolute Gasteiger partial charge is 0.481 e. The molecule has 0 aliphatic heterocycles. The minimum Gasteiger partial charge on any atom is -0.481 e. The summed E-state index contributed by atoms with van der Waals surface area (Å²) < 4.78 is 1.74. The van der Waals surface area contributed by atoms with Gasteiger partial charge in [-0.3, -0.25) is 9.48 Å². The molecule has 1 aromatic rings. The first-order chi connectivity index (χ1) is 10.1. The van der Waals surface area contributed by atoms with Crippen molar-refractivity contribution >= 4 is 17.7 Å². The van der Waals surface area contributed by atoms with Crippen LogP contribution in [-0.4, -0.2) is 33.4 Å². The quantitative estimate of drug-likeness (QED) is 0.773. The Balaban J connectivity index is 1.68. The van der Waals surface area contributed by atoms with E-state index in [1.165, 1.54) is 0 Å². The number of hydrogen-bond acceptors (Lipinski definition) is 3. The van der Waals surface area contributed by atoms with Crippen LogP contribution in [0.15, 0.2) is 12.4 Å². The number of carboxylic acids is 1. The van der Waals surface area contributed by atoms with E-state index in [1.54, 1.807) is 17.1 Å². The Bertz CT molecular complexity index is 492. The molecule has 0 aromatic carbocycles. The Kier molecular flexibility index (Phi) is 5.19. The fourth-order valence-electron chi connectivity index (χ4n) is 2.63. The number of nitrogens with one attached hydrogen (secondary N) is 2. The van der Waals surface area contributed by atoms with Crippen molar-refractivity contribution in [1.29, 1.82) is 0 Å². The minimum absolute atomic E-state index is 0.213. The van der Waals surface area contributed by atoms with E-state index in [4.69, 9.17) is 5.11 Å². The van der Waals surface area contributed by atoms with E-state index >= 15 is 0 Å². The Morgan fingerprint density at radius 2 is 2.10 bits per heavy atom. The van der Waals surface area contributed by atoms with Crippen LogP contribution in [0.3, 0.4) is 0 Å². The second-order valence-corrected chi connectivity index (χ2v) is 5.48. The van der Waals surface area contributed by atoms with Gasteiger partial charge in [-0.25, -0.2) is 4.79 Å². The molecule has 7 heteroatoms. The highest BCUT2D eigenvalue weighted by Crippen LogP contribution is 2.28. The fraction of sp³-hybridized carbons (Fsp3) is 0.643. The molecular formula is C14H22N4O3. The summed E-state index contributed by atoms with van der Waals surface area (Å²) in [7, 11) is 0. The maximum absolute atomic E-state index is 11.8. The molecule has 1 saturated carbocycles. The van der Waals surface area contributed by atoms with Crippen LogP contribution in [0.25, 0.3) is 0 Å². The number of carbonyl (C=O) groups is 2. The Hall–Kier alpha value is -2.05. The van der Waals surface area contributed by atoms with Gasteiger partial charge in [0.25, 0.3) is 0 Å². The number of aryl methyl sites for hydroxylation is 1. The van der Waals surface area contributed by atoms with Crippen LogP contribution in [-0.2, 0) is 11.3 Å². The van der Waals surface area contributed by atoms with Crippen molar-refractivity contribution in [2.24, 2.45) is 11.8 Å². The summed E-state index contributed by atoms with van der Waals surface area (Å²) in [4.78, 5) is 22.6. The third-order valence-electron chi connectivity index (χ3n) is 3.96. The highest BCUT2D eigenvalue weighted by atomic mass is 16.4. The zero-order valence-corrected chi connectivity index (χ0v) is 12.2. The predicted octanol–water partition coefficient (Wildman–Crippen LogP) is 1.92. The van der Waals surface area contributed by atoms with E-state index in [0.29, 0.717) is 31.0 Å². The van der Waals surface area contributed by atoms with Gasteiger partial charge in [0.1, 0.15) is 0 Å². The third-order valence-corrected chi connectivity index (χ3v) is 3.96. The molecule has 0 spiro atoms. The molecule has 1 aromatic heterocycles. The van der Waals surface area contributed by atoms with Crippen LogP contribution in [0.2, 0.25) is 0 Å². The first kappa shape index (κ1) is 15.3. The standard InChI is InChI=1S/C14H22N4O3/c1-2-18-9-12(8-16-18)17-14(21)15-7-10-3-5-11(6-4-10)13(19)20/h8-11H,2-7H2,1H3,(H,19,20)(H2,15,17,21). The smallest absolute Gasteiger partial charge is 0.319 e. The van der Waals surface area contributed by atoms with Gasteiger partial charge in [-0.15, -0.1) is 0 Å². The summed E-state index contributed by atoms with van der Waals surface area (Å²) in [6.45, 7) is 3.32. The molecule has 0 atom stereocenters. The summed E-state index contributed by atoms with van der Waals surface area (Å²) in [5.41, 5.74) is 0.670. The van der Waals surface area contributed by atoms with Crippen molar-refractivity contribution in [1.82, 2.24) is 15.1 Å². The van der Waals surface area contributed by atoms with Gasteiger partial charge in [-0.2, -0.15) is 5.10 Å². The second kappa shape index (κ2) is 7.10. The third kappa shape index (κ3) is 4.47. The molecule has 2 rings (SSSR count). The first-order valence-electron chi connectivity index (χ1n) is 7.38. The molecule has 0 bridgehead atoms. The minimum atomic E-state index is -0.702. The van der Waals surface area contributed by atoms with Crippen LogP contribution in [0.5, 0.6) is 0 Å². The lowest BCUT2D eigenvalue weighted by molar-refractivity contribution is -0.143. The van der Waals surface area contributed by atoms with E-state index in [0.717, 1.165) is 19.4 Å². The second-order valence-electron chi connectivity index (χ2n) is 5.48. The number of amides is 2. The molecule has 116 valence electrons. The van der Waals surface area contributed by atoms with Crippen molar-refractivity contribution in [2.45, 2.75) is 39.2 Å². The van der Waals surface area contributed by atoms with Crippen LogP contribution in [0, 0.1) is 11.8 Å². The topological polar surface area (TPSA) is 96.2 Å². The average Bonchev–Trinajstić information content (AvgIpc) is 2.93. The van der Waals surface area contributed by atoms with E-state index in [2.05, 4.69) is 15.7 Å². The van der Waals surface area contributed by atoms with Gasteiger partial charge in [-0.1, -0.05) is 0 Å². The molecule has 1 heterocycles. The summed E-state index contributed by atoms with van der Waals surface area (Å²) in [5.74, 6) is -0.549.